The minimum Gasteiger partial charge on any atom is -0.407 e. The Kier molecular flexibility index (Phi) is 4.51. The third kappa shape index (κ3) is 3.41. The fourth-order valence-electron chi connectivity index (χ4n) is 1.96. The first-order valence-corrected chi connectivity index (χ1v) is 6.33. The molecule has 1 aromatic heterocycles. The van der Waals surface area contributed by atoms with Gasteiger partial charge in [-0.2, -0.15) is 0 Å². The van der Waals surface area contributed by atoms with Crippen molar-refractivity contribution in [2.24, 2.45) is 5.73 Å². The van der Waals surface area contributed by atoms with E-state index in [9.17, 15) is 0 Å². The number of hydrogen-bond donors (Lipinski definition) is 1. The van der Waals surface area contributed by atoms with Crippen LogP contribution in [0.15, 0.2) is 4.42 Å². The quantitative estimate of drug-likeness (QED) is 0.738. The standard InChI is InChI=1S/C11H22N6O/c1-15(2)3-4-16-5-7-17(8-6-16)11-14-13-10(9-12)18-11/h3-9,12H2,1-2H3. The highest BCUT2D eigenvalue weighted by atomic mass is 16.4. The van der Waals surface area contributed by atoms with Gasteiger partial charge < -0.3 is 20.0 Å². The maximum absolute atomic E-state index is 5.46. The molecule has 0 bridgehead atoms. The molecular weight excluding hydrogens is 232 g/mol. The van der Waals surface area contributed by atoms with E-state index in [0.717, 1.165) is 39.3 Å². The van der Waals surface area contributed by atoms with Gasteiger partial charge in [-0.25, -0.2) is 0 Å². The van der Waals surface area contributed by atoms with E-state index in [1.165, 1.54) is 0 Å². The van der Waals surface area contributed by atoms with Gasteiger partial charge in [-0.3, -0.25) is 4.90 Å². The molecule has 1 aliphatic rings. The monoisotopic (exact) mass is 254 g/mol. The summed E-state index contributed by atoms with van der Waals surface area (Å²) in [7, 11) is 4.20. The number of likely N-dealkylation sites (N-methyl/N-ethyl adjacent to an activating group) is 1. The lowest BCUT2D eigenvalue weighted by molar-refractivity contribution is 0.226. The van der Waals surface area contributed by atoms with Crippen LogP contribution >= 0.6 is 0 Å². The summed E-state index contributed by atoms with van der Waals surface area (Å²) in [6.45, 7) is 6.44. The van der Waals surface area contributed by atoms with Crippen molar-refractivity contribution in [1.29, 1.82) is 0 Å². The lowest BCUT2D eigenvalue weighted by atomic mass is 10.3. The van der Waals surface area contributed by atoms with Crippen molar-refractivity contribution in [3.05, 3.63) is 5.89 Å². The molecule has 0 spiro atoms. The summed E-state index contributed by atoms with van der Waals surface area (Å²) in [5.74, 6) is 0.500. The van der Waals surface area contributed by atoms with Gasteiger partial charge in [0.2, 0.25) is 5.89 Å². The topological polar surface area (TPSA) is 74.7 Å². The molecule has 7 nitrogen and oxygen atoms in total. The summed E-state index contributed by atoms with van der Waals surface area (Å²) in [5, 5.41) is 7.90. The number of piperazine rings is 1. The first-order valence-electron chi connectivity index (χ1n) is 6.33. The normalized spacial score (nSPS) is 17.7. The minimum absolute atomic E-state index is 0.301. The highest BCUT2D eigenvalue weighted by Crippen LogP contribution is 2.14. The Morgan fingerprint density at radius 1 is 1.22 bits per heavy atom. The van der Waals surface area contributed by atoms with Crippen LogP contribution in [-0.2, 0) is 6.54 Å². The van der Waals surface area contributed by atoms with E-state index in [0.29, 0.717) is 18.5 Å². The van der Waals surface area contributed by atoms with Crippen LogP contribution in [-0.4, -0.2) is 73.4 Å². The highest BCUT2D eigenvalue weighted by Gasteiger charge is 2.20. The summed E-state index contributed by atoms with van der Waals surface area (Å²) in [5.41, 5.74) is 5.45. The lowest BCUT2D eigenvalue weighted by Crippen LogP contribution is -2.48. The third-order valence-corrected chi connectivity index (χ3v) is 3.14. The van der Waals surface area contributed by atoms with Crippen molar-refractivity contribution in [2.75, 3.05) is 58.3 Å². The smallest absolute Gasteiger partial charge is 0.318 e. The Balaban J connectivity index is 1.79. The summed E-state index contributed by atoms with van der Waals surface area (Å²) in [4.78, 5) is 6.78. The van der Waals surface area contributed by atoms with Crippen molar-refractivity contribution in [3.63, 3.8) is 0 Å². The second-order valence-corrected chi connectivity index (χ2v) is 4.81. The molecule has 0 aliphatic carbocycles. The first kappa shape index (κ1) is 13.3. The van der Waals surface area contributed by atoms with Crippen LogP contribution in [0.4, 0.5) is 6.01 Å². The molecule has 0 saturated carbocycles. The van der Waals surface area contributed by atoms with E-state index in [4.69, 9.17) is 10.2 Å². The highest BCUT2D eigenvalue weighted by molar-refractivity contribution is 5.25. The summed E-state index contributed by atoms with van der Waals surface area (Å²) in [6, 6.07) is 0.600. The summed E-state index contributed by atoms with van der Waals surface area (Å²) >= 11 is 0. The molecule has 1 aliphatic heterocycles. The molecule has 0 amide bonds. The molecule has 2 N–H and O–H groups in total. The van der Waals surface area contributed by atoms with Gasteiger partial charge >= 0.3 is 6.01 Å². The van der Waals surface area contributed by atoms with Crippen molar-refractivity contribution < 1.29 is 4.42 Å². The van der Waals surface area contributed by atoms with Crippen LogP contribution in [0.25, 0.3) is 0 Å². The van der Waals surface area contributed by atoms with Crippen LogP contribution < -0.4 is 10.6 Å². The van der Waals surface area contributed by atoms with E-state index in [-0.39, 0.29) is 0 Å². The molecule has 0 atom stereocenters. The van der Waals surface area contributed by atoms with E-state index in [2.05, 4.69) is 39.0 Å². The number of nitrogens with zero attached hydrogens (tertiary/aromatic N) is 5. The number of anilines is 1. The molecule has 0 unspecified atom stereocenters. The van der Waals surface area contributed by atoms with Gasteiger partial charge in [0.1, 0.15) is 0 Å². The van der Waals surface area contributed by atoms with Crippen LogP contribution in [0.5, 0.6) is 0 Å². The van der Waals surface area contributed by atoms with Crippen molar-refractivity contribution in [3.8, 4) is 0 Å². The first-order chi connectivity index (χ1) is 8.69. The maximum atomic E-state index is 5.46. The third-order valence-electron chi connectivity index (χ3n) is 3.14. The van der Waals surface area contributed by atoms with Gasteiger partial charge in [-0.1, -0.05) is 5.10 Å². The van der Waals surface area contributed by atoms with Crippen LogP contribution in [0.3, 0.4) is 0 Å². The van der Waals surface area contributed by atoms with Gasteiger partial charge in [0.15, 0.2) is 0 Å². The molecular formula is C11H22N6O. The SMILES string of the molecule is CN(C)CCN1CCN(c2nnc(CN)o2)CC1. The average Bonchev–Trinajstić information content (AvgIpc) is 2.85. The number of aromatic nitrogens is 2. The number of hydrogen-bond acceptors (Lipinski definition) is 7. The zero-order valence-electron chi connectivity index (χ0n) is 11.2. The zero-order valence-corrected chi connectivity index (χ0v) is 11.2. The Hall–Kier alpha value is -1.18. The van der Waals surface area contributed by atoms with Gasteiger partial charge in [-0.15, -0.1) is 5.10 Å². The fourth-order valence-corrected chi connectivity index (χ4v) is 1.96. The van der Waals surface area contributed by atoms with Crippen molar-refractivity contribution >= 4 is 6.01 Å². The van der Waals surface area contributed by atoms with E-state index in [1.54, 1.807) is 0 Å². The van der Waals surface area contributed by atoms with E-state index in [1.807, 2.05) is 0 Å². The Bertz CT molecular complexity index is 358. The van der Waals surface area contributed by atoms with E-state index < -0.39 is 0 Å². The molecule has 2 rings (SSSR count). The van der Waals surface area contributed by atoms with Crippen LogP contribution in [0.1, 0.15) is 5.89 Å². The molecule has 2 heterocycles. The van der Waals surface area contributed by atoms with Gasteiger partial charge in [0.25, 0.3) is 0 Å². The average molecular weight is 254 g/mol. The molecule has 0 radical (unpaired) electrons. The van der Waals surface area contributed by atoms with Crippen LogP contribution in [0, 0.1) is 0 Å². The Labute approximate surface area is 108 Å². The van der Waals surface area contributed by atoms with Crippen molar-refractivity contribution in [2.45, 2.75) is 6.54 Å². The molecule has 1 fully saturated rings. The molecule has 1 aromatic rings. The van der Waals surface area contributed by atoms with Crippen LogP contribution in [0.2, 0.25) is 0 Å². The predicted molar refractivity (Wildman–Crippen MR) is 69.4 cm³/mol. The molecule has 0 aromatic carbocycles. The van der Waals surface area contributed by atoms with Gasteiger partial charge in [0, 0.05) is 39.3 Å². The van der Waals surface area contributed by atoms with Gasteiger partial charge in [0.05, 0.1) is 6.54 Å². The lowest BCUT2D eigenvalue weighted by Gasteiger charge is -2.34. The predicted octanol–water partition coefficient (Wildman–Crippen LogP) is -0.788. The Morgan fingerprint density at radius 2 is 1.94 bits per heavy atom. The molecule has 1 saturated heterocycles. The van der Waals surface area contributed by atoms with Crippen molar-refractivity contribution in [1.82, 2.24) is 20.0 Å². The van der Waals surface area contributed by atoms with E-state index >= 15 is 0 Å². The zero-order chi connectivity index (χ0) is 13.0. The van der Waals surface area contributed by atoms with Gasteiger partial charge in [-0.05, 0) is 14.1 Å². The second-order valence-electron chi connectivity index (χ2n) is 4.81. The summed E-state index contributed by atoms with van der Waals surface area (Å²) < 4.78 is 5.46. The second kappa shape index (κ2) is 6.12. The Morgan fingerprint density at radius 3 is 2.50 bits per heavy atom. The molecule has 7 heteroatoms. The maximum Gasteiger partial charge on any atom is 0.318 e. The molecule has 18 heavy (non-hydrogen) atoms. The minimum atomic E-state index is 0.301. The number of rotatable bonds is 5. The largest absolute Gasteiger partial charge is 0.407 e. The fraction of sp³-hybridized carbons (Fsp3) is 0.818. The summed E-state index contributed by atoms with van der Waals surface area (Å²) in [6.07, 6.45) is 0. The molecule has 102 valence electrons. The number of nitrogens with two attached hydrogens (primary N) is 1.